The van der Waals surface area contributed by atoms with Crippen LogP contribution in [-0.2, 0) is 89.3 Å². The highest BCUT2D eigenvalue weighted by Crippen LogP contribution is 2.68. The Morgan fingerprint density at radius 3 is 1.54 bits per heavy atom. The number of methoxy groups -OCH3 is 1. The number of aromatic amines is 3. The lowest BCUT2D eigenvalue weighted by molar-refractivity contribution is -0.745. The van der Waals surface area contributed by atoms with Gasteiger partial charge in [-0.2, -0.15) is 18.6 Å². The van der Waals surface area contributed by atoms with Gasteiger partial charge in [0.2, 0.25) is 23.6 Å². The van der Waals surface area contributed by atoms with Crippen LogP contribution in [0.25, 0.3) is 44.7 Å². The molecule has 51 nitrogen and oxygen atoms in total. The van der Waals surface area contributed by atoms with Crippen molar-refractivity contribution >= 4 is 107 Å². The first-order valence-corrected chi connectivity index (χ1v) is 35.2. The summed E-state index contributed by atoms with van der Waals surface area (Å²) in [5.41, 5.74) is 19.3. The van der Waals surface area contributed by atoms with E-state index in [0.717, 1.165) is 50.7 Å². The van der Waals surface area contributed by atoms with Crippen LogP contribution in [-0.4, -0.2) is 230 Å². The molecule has 0 amide bonds. The lowest BCUT2D eigenvalue weighted by Crippen LogP contribution is -2.46. The number of ether oxygens (including phenoxy) is 5. The highest BCUT2D eigenvalue weighted by Gasteiger charge is 2.56. The van der Waals surface area contributed by atoms with Crippen molar-refractivity contribution in [2.45, 2.75) is 98.2 Å². The van der Waals surface area contributed by atoms with Crippen molar-refractivity contribution in [3.8, 4) is 0 Å². The van der Waals surface area contributed by atoms with Crippen LogP contribution in [0.3, 0.4) is 0 Å². The van der Waals surface area contributed by atoms with Gasteiger partial charge >= 0.3 is 44.8 Å². The maximum absolute atomic E-state index is 14.3. The van der Waals surface area contributed by atoms with Gasteiger partial charge < -0.3 is 96.6 Å². The Labute approximate surface area is 540 Å². The highest BCUT2D eigenvalue weighted by atomic mass is 31.3. The Balaban J connectivity index is 0.741. The average molecular weight is 1490 g/mol. The van der Waals surface area contributed by atoms with Crippen molar-refractivity contribution in [3.05, 3.63) is 62.7 Å². The van der Waals surface area contributed by atoms with E-state index in [0.29, 0.717) is 0 Å². The van der Waals surface area contributed by atoms with Gasteiger partial charge in [-0.25, -0.2) is 52.3 Å². The summed E-state index contributed by atoms with van der Waals surface area (Å²) in [5.74, 6) is -1.31. The summed E-state index contributed by atoms with van der Waals surface area (Å²) in [6, 6.07) is 0. The van der Waals surface area contributed by atoms with Crippen molar-refractivity contribution in [1.82, 2.24) is 73.1 Å². The molecular formula is C42H56N20O31P5+. The first-order valence-electron chi connectivity index (χ1n) is 27.7. The Kier molecular flexibility index (Phi) is 19.2. The molecule has 0 radical (unpaired) electrons. The van der Waals surface area contributed by atoms with Gasteiger partial charge in [-0.05, 0) is 0 Å². The molecule has 8 aromatic rings. The van der Waals surface area contributed by atoms with E-state index in [-0.39, 0.29) is 62.4 Å². The number of aromatic nitrogens is 16. The summed E-state index contributed by atoms with van der Waals surface area (Å²) in [6.45, 7) is -4.97. The SMILES string of the molecule is CO[C@@H]1[C@H](OP(=O)(O)OCC2O[C@@H](n3cnc4c(N)ncnc43)[C@H](O)[C@@H]2OP(=O)(O)OCC2O[C@@H](n3cnc4c(=O)[nH]c(N)nc43)[C@H](O)[C@@H]2O)C(COP(=O)(O)OP(=O)(O)OP(=O)(O)OC[C@H]2O[C@@H]([n+]3cn(C)c4c(=O)[nH]c(N)nc43)[C@H](O)[C@@H]2O)O[C@H]1n1cnc2c(=O)[nH]c(N)nc21. The molecule has 98 heavy (non-hydrogen) atoms. The molecule has 12 rings (SSSR count). The Morgan fingerprint density at radius 1 is 0.510 bits per heavy atom. The lowest BCUT2D eigenvalue weighted by Gasteiger charge is -2.27. The number of aliphatic hydroxyl groups excluding tert-OH is 5. The Hall–Kier alpha value is -6.97. The minimum atomic E-state index is -6.34. The van der Waals surface area contributed by atoms with Crippen LogP contribution < -0.4 is 44.2 Å². The number of nitrogen functional groups attached to an aromatic ring is 4. The summed E-state index contributed by atoms with van der Waals surface area (Å²) in [7, 11) is -27.4. The van der Waals surface area contributed by atoms with Crippen LogP contribution in [0.15, 0.2) is 46.0 Å². The second kappa shape index (κ2) is 26.5. The monoisotopic (exact) mass is 1490 g/mol. The second-order valence-corrected chi connectivity index (χ2v) is 29.1. The van der Waals surface area contributed by atoms with Crippen LogP contribution >= 0.6 is 39.1 Å². The van der Waals surface area contributed by atoms with Gasteiger partial charge in [-0.15, -0.1) is 0 Å². The van der Waals surface area contributed by atoms with Gasteiger partial charge in [-0.3, -0.25) is 74.7 Å². The maximum atomic E-state index is 14.3. The Morgan fingerprint density at radius 2 is 0.959 bits per heavy atom. The van der Waals surface area contributed by atoms with Crippen molar-refractivity contribution in [3.63, 3.8) is 0 Å². The summed E-state index contributed by atoms with van der Waals surface area (Å²) in [6.07, 6.45) is -24.4. The Bertz CT molecular complexity index is 4820. The van der Waals surface area contributed by atoms with E-state index in [4.69, 9.17) is 73.8 Å². The molecule has 534 valence electrons. The number of H-pyrrole nitrogens is 3. The molecule has 56 heteroatoms. The number of nitrogens with one attached hydrogen (secondary N) is 3. The lowest BCUT2D eigenvalue weighted by atomic mass is 10.1. The topological polar surface area (TPSA) is 737 Å². The normalized spacial score (nSPS) is 30.7. The number of hydrogen-bond acceptors (Lipinski definition) is 38. The average Bonchev–Trinajstić information content (AvgIpc) is 1.63. The number of aryl methyl sites for hydroxylation is 1. The van der Waals surface area contributed by atoms with E-state index in [1.807, 2.05) is 0 Å². The van der Waals surface area contributed by atoms with Crippen LogP contribution in [0, 0.1) is 0 Å². The van der Waals surface area contributed by atoms with E-state index in [1.54, 1.807) is 0 Å². The third-order valence-corrected chi connectivity index (χ3v) is 21.5. The smallest absolute Gasteiger partial charge is 0.387 e. The fourth-order valence-electron chi connectivity index (χ4n) is 11.0. The molecule has 8 aromatic heterocycles. The van der Waals surface area contributed by atoms with Crippen molar-refractivity contribution in [2.75, 3.05) is 56.5 Å². The number of nitrogens with zero attached hydrogens (tertiary/aromatic N) is 13. The molecule has 4 saturated heterocycles. The van der Waals surface area contributed by atoms with Crippen LogP contribution in [0.2, 0.25) is 0 Å². The molecule has 4 aliphatic heterocycles. The maximum Gasteiger partial charge on any atom is 0.490 e. The summed E-state index contributed by atoms with van der Waals surface area (Å²) >= 11 is 0. The zero-order valence-electron chi connectivity index (χ0n) is 49.4. The number of anilines is 4. The predicted octanol–water partition coefficient (Wildman–Crippen LogP) is -6.23. The molecule has 4 fully saturated rings. The summed E-state index contributed by atoms with van der Waals surface area (Å²) in [5, 5.41) is 55.4. The van der Waals surface area contributed by atoms with Gasteiger partial charge in [0.1, 0.15) is 85.1 Å². The molecule has 0 saturated carbocycles. The number of rotatable bonds is 25. The van der Waals surface area contributed by atoms with E-state index in [1.165, 1.54) is 17.9 Å². The number of fused-ring (bicyclic) bond motifs is 4. The molecule has 12 heterocycles. The molecule has 8 unspecified atom stereocenters. The van der Waals surface area contributed by atoms with Crippen LogP contribution in [0.1, 0.15) is 24.9 Å². The largest absolute Gasteiger partial charge is 0.490 e. The number of hydrogen-bond donors (Lipinski definition) is 17. The minimum absolute atomic E-state index is 0.0345. The van der Waals surface area contributed by atoms with Gasteiger partial charge in [-0.1, -0.05) is 4.98 Å². The summed E-state index contributed by atoms with van der Waals surface area (Å²) in [4.78, 5) is 131. The number of phosphoric ester groups is 4. The van der Waals surface area contributed by atoms with Crippen molar-refractivity contribution in [1.29, 1.82) is 0 Å². The second-order valence-electron chi connectivity index (χ2n) is 21.6. The van der Waals surface area contributed by atoms with Gasteiger partial charge in [0.15, 0.2) is 58.8 Å². The molecule has 21 N–H and O–H groups in total. The number of phosphoric acid groups is 5. The predicted molar refractivity (Wildman–Crippen MR) is 312 cm³/mol. The van der Waals surface area contributed by atoms with Crippen molar-refractivity contribution in [2.24, 2.45) is 7.05 Å². The molecule has 4 aliphatic rings. The molecule has 0 spiro atoms. The fraction of sp³-hybridized carbons (Fsp3) is 0.524. The highest BCUT2D eigenvalue weighted by molar-refractivity contribution is 7.66. The summed E-state index contributed by atoms with van der Waals surface area (Å²) < 4.78 is 142. The quantitative estimate of drug-likeness (QED) is 0.0187. The zero-order chi connectivity index (χ0) is 70.6. The molecule has 0 aromatic carbocycles. The minimum Gasteiger partial charge on any atom is -0.387 e. The number of imidazole rings is 4. The number of nitrogens with two attached hydrogens (primary N) is 4. The van der Waals surface area contributed by atoms with Crippen LogP contribution in [0.5, 0.6) is 0 Å². The molecule has 0 bridgehead atoms. The molecule has 21 atom stereocenters. The third kappa shape index (κ3) is 14.0. The van der Waals surface area contributed by atoms with Crippen molar-refractivity contribution < 1.29 is 137 Å². The standard InChI is InChI=1S/C42H55N20O31P5/c1-58-11-62(32-19(58)35(70)57-42(46)54-32)37-23(66)21(64)13(87-37)4-84-96(75,76)92-98(79,80)93-97(77,78)85-6-15-26(27(81-2)39(89-15)61-10-51-18-31(61)53-41(45)56-34(18)69)91-95(73,74)83-5-14-25(24(67)38(88-14)59-8-49-16-28(43)47-7-48-29(16)59)90-94(71,72)82-3-12-20(63)22(65)36(86-12)60-9-50-17-30(60)52-40(44)55-33(17)68/h7-15,20-27,36-39,63-67H,3-6H2,1-2H3,(H15-,43,44,45,46,47,48,52,53,54,55,56,57,68,69,70,71,72,73,74,75,76,77,78,79,80)/p+1/t12?,13-,14?,15?,20-,21-,22-,23-,24-,25-,26-,27-,36-,37-,38-,39-/m1/s1. The molecular weight excluding hydrogens is 1440 g/mol. The van der Waals surface area contributed by atoms with Gasteiger partial charge in [0.05, 0.1) is 52.5 Å². The van der Waals surface area contributed by atoms with E-state index < -0.39 is 186 Å². The van der Waals surface area contributed by atoms with E-state index in [2.05, 4.69) is 63.4 Å². The van der Waals surface area contributed by atoms with E-state index in [9.17, 15) is 87.2 Å². The molecule has 0 aliphatic carbocycles. The fourth-order valence-corrected chi connectivity index (χ4v) is 16.4. The third-order valence-electron chi connectivity index (χ3n) is 15.2. The van der Waals surface area contributed by atoms with Crippen LogP contribution in [0.4, 0.5) is 23.7 Å². The first kappa shape index (κ1) is 70.9. The van der Waals surface area contributed by atoms with E-state index >= 15 is 0 Å². The van der Waals surface area contributed by atoms with Gasteiger partial charge in [0, 0.05) is 7.11 Å². The number of aliphatic hydroxyl groups is 5. The first-order chi connectivity index (χ1) is 46.0. The van der Waals surface area contributed by atoms with Gasteiger partial charge in [0.25, 0.3) is 22.6 Å². The zero-order valence-corrected chi connectivity index (χ0v) is 53.8.